The van der Waals surface area contributed by atoms with E-state index in [2.05, 4.69) is 0 Å². The Kier molecular flexibility index (Phi) is 2.26. The Morgan fingerprint density at radius 3 is 2.69 bits per heavy atom. The van der Waals surface area contributed by atoms with E-state index in [9.17, 15) is 0 Å². The molecule has 16 heavy (non-hydrogen) atoms. The van der Waals surface area contributed by atoms with Crippen molar-refractivity contribution in [1.82, 2.24) is 0 Å². The Morgan fingerprint density at radius 1 is 1.19 bits per heavy atom. The lowest BCUT2D eigenvalue weighted by Gasteiger charge is -2.18. The fourth-order valence-corrected chi connectivity index (χ4v) is 2.40. The van der Waals surface area contributed by atoms with Crippen molar-refractivity contribution >= 4 is 11.6 Å². The summed E-state index contributed by atoms with van der Waals surface area (Å²) in [5, 5.41) is 0.684. The van der Waals surface area contributed by atoms with Crippen molar-refractivity contribution in [2.45, 2.75) is 24.8 Å². The molecule has 1 heterocycles. The molecule has 1 aliphatic carbocycles. The van der Waals surface area contributed by atoms with Crippen molar-refractivity contribution in [3.63, 3.8) is 0 Å². The van der Waals surface area contributed by atoms with Crippen LogP contribution in [0, 0.1) is 0 Å². The second kappa shape index (κ2) is 3.54. The molecular weight excluding hydrogens is 226 g/mol. The van der Waals surface area contributed by atoms with Crippen LogP contribution in [-0.2, 0) is 5.54 Å². The molecule has 0 aromatic heterocycles. The van der Waals surface area contributed by atoms with Crippen LogP contribution in [0.1, 0.15) is 24.8 Å². The molecule has 3 nitrogen and oxygen atoms in total. The minimum atomic E-state index is -0.296. The number of benzene rings is 1. The van der Waals surface area contributed by atoms with Crippen LogP contribution in [0.15, 0.2) is 12.1 Å². The van der Waals surface area contributed by atoms with Gasteiger partial charge in [-0.05, 0) is 25.0 Å². The zero-order valence-electron chi connectivity index (χ0n) is 8.96. The van der Waals surface area contributed by atoms with E-state index < -0.39 is 0 Å². The third-order valence-corrected chi connectivity index (χ3v) is 3.46. The molecule has 0 saturated heterocycles. The molecule has 2 N–H and O–H groups in total. The molecule has 4 heteroatoms. The normalized spacial score (nSPS) is 21.4. The number of fused-ring (bicyclic) bond motifs is 1. The molecule has 0 amide bonds. The van der Waals surface area contributed by atoms with Crippen molar-refractivity contribution in [2.24, 2.45) is 5.73 Å². The largest absolute Gasteiger partial charge is 0.490 e. The van der Waals surface area contributed by atoms with E-state index in [1.807, 2.05) is 12.1 Å². The van der Waals surface area contributed by atoms with Crippen LogP contribution in [0.2, 0.25) is 5.02 Å². The quantitative estimate of drug-likeness (QED) is 0.819. The van der Waals surface area contributed by atoms with Crippen LogP contribution in [0.5, 0.6) is 11.5 Å². The summed E-state index contributed by atoms with van der Waals surface area (Å²) in [6.45, 7) is 1.35. The van der Waals surface area contributed by atoms with Gasteiger partial charge in [0, 0.05) is 22.5 Å². The van der Waals surface area contributed by atoms with E-state index in [0.717, 1.165) is 36.3 Å². The smallest absolute Gasteiger partial charge is 0.167 e. The summed E-state index contributed by atoms with van der Waals surface area (Å²) in [6, 6.07) is 3.70. The highest BCUT2D eigenvalue weighted by molar-refractivity contribution is 6.31. The predicted molar refractivity (Wildman–Crippen MR) is 62.2 cm³/mol. The lowest BCUT2D eigenvalue weighted by molar-refractivity contribution is 0.295. The fourth-order valence-electron chi connectivity index (χ4n) is 2.06. The molecule has 3 rings (SSSR count). The van der Waals surface area contributed by atoms with Crippen molar-refractivity contribution < 1.29 is 9.47 Å². The lowest BCUT2D eigenvalue weighted by Crippen LogP contribution is -2.20. The average Bonchev–Trinajstić information content (AvgIpc) is 3.02. The second-order valence-electron chi connectivity index (χ2n) is 4.46. The van der Waals surface area contributed by atoms with Crippen molar-refractivity contribution in [1.29, 1.82) is 0 Å². The Hall–Kier alpha value is -0.930. The van der Waals surface area contributed by atoms with Gasteiger partial charge in [0.05, 0.1) is 13.2 Å². The van der Waals surface area contributed by atoms with Gasteiger partial charge in [0.1, 0.15) is 0 Å². The number of ether oxygens (including phenoxy) is 2. The van der Waals surface area contributed by atoms with Crippen LogP contribution >= 0.6 is 11.6 Å². The van der Waals surface area contributed by atoms with Crippen molar-refractivity contribution in [3.05, 3.63) is 22.7 Å². The van der Waals surface area contributed by atoms with E-state index in [1.54, 1.807) is 0 Å². The van der Waals surface area contributed by atoms with Gasteiger partial charge in [0.2, 0.25) is 0 Å². The molecule has 86 valence electrons. The summed E-state index contributed by atoms with van der Waals surface area (Å²) in [7, 11) is 0. The molecule has 1 aromatic carbocycles. The van der Waals surface area contributed by atoms with Crippen LogP contribution in [-0.4, -0.2) is 13.2 Å². The van der Waals surface area contributed by atoms with Gasteiger partial charge in [-0.25, -0.2) is 0 Å². The summed E-state index contributed by atoms with van der Waals surface area (Å²) < 4.78 is 11.4. The van der Waals surface area contributed by atoms with Gasteiger partial charge in [-0.1, -0.05) is 11.6 Å². The molecule has 0 atom stereocenters. The van der Waals surface area contributed by atoms with Gasteiger partial charge in [-0.15, -0.1) is 0 Å². The van der Waals surface area contributed by atoms with Crippen LogP contribution in [0.25, 0.3) is 0 Å². The third kappa shape index (κ3) is 1.55. The monoisotopic (exact) mass is 239 g/mol. The second-order valence-corrected chi connectivity index (χ2v) is 4.86. The maximum atomic E-state index is 6.22. The topological polar surface area (TPSA) is 44.5 Å². The van der Waals surface area contributed by atoms with Crippen molar-refractivity contribution in [2.75, 3.05) is 13.2 Å². The van der Waals surface area contributed by atoms with Crippen molar-refractivity contribution in [3.8, 4) is 11.5 Å². The van der Waals surface area contributed by atoms with E-state index in [0.29, 0.717) is 18.2 Å². The van der Waals surface area contributed by atoms with Gasteiger partial charge in [0.15, 0.2) is 11.5 Å². The molecule has 1 aliphatic heterocycles. The minimum absolute atomic E-state index is 0.296. The highest BCUT2D eigenvalue weighted by atomic mass is 35.5. The molecular formula is C12H14ClNO2. The summed E-state index contributed by atoms with van der Waals surface area (Å²) in [6.07, 6.45) is 2.82. The van der Waals surface area contributed by atoms with Gasteiger partial charge >= 0.3 is 0 Å². The van der Waals surface area contributed by atoms with Crippen LogP contribution in [0.3, 0.4) is 0 Å². The molecule has 1 saturated carbocycles. The van der Waals surface area contributed by atoms with E-state index in [4.69, 9.17) is 26.8 Å². The number of hydrogen-bond acceptors (Lipinski definition) is 3. The molecule has 1 aromatic rings. The fraction of sp³-hybridized carbons (Fsp3) is 0.500. The molecule has 0 radical (unpaired) electrons. The Morgan fingerprint density at radius 2 is 1.94 bits per heavy atom. The molecule has 0 spiro atoms. The number of rotatable bonds is 1. The van der Waals surface area contributed by atoms with Gasteiger partial charge in [-0.2, -0.15) is 0 Å². The summed E-state index contributed by atoms with van der Waals surface area (Å²) in [5.74, 6) is 1.53. The first-order valence-electron chi connectivity index (χ1n) is 5.58. The van der Waals surface area contributed by atoms with Gasteiger partial charge in [-0.3, -0.25) is 0 Å². The third-order valence-electron chi connectivity index (χ3n) is 3.15. The first-order valence-corrected chi connectivity index (χ1v) is 5.96. The van der Waals surface area contributed by atoms with Gasteiger partial charge in [0.25, 0.3) is 0 Å². The zero-order chi connectivity index (χ0) is 11.2. The first-order chi connectivity index (χ1) is 7.71. The summed E-state index contributed by atoms with van der Waals surface area (Å²) in [5.41, 5.74) is 6.85. The lowest BCUT2D eigenvalue weighted by atomic mass is 10.0. The van der Waals surface area contributed by atoms with Crippen LogP contribution < -0.4 is 15.2 Å². The zero-order valence-corrected chi connectivity index (χ0v) is 9.72. The molecule has 0 unspecified atom stereocenters. The van der Waals surface area contributed by atoms with E-state index in [1.165, 1.54) is 0 Å². The summed E-state index contributed by atoms with van der Waals surface area (Å²) in [4.78, 5) is 0. The first kappa shape index (κ1) is 10.2. The van der Waals surface area contributed by atoms with E-state index in [-0.39, 0.29) is 5.54 Å². The maximum Gasteiger partial charge on any atom is 0.167 e. The molecule has 1 fully saturated rings. The predicted octanol–water partition coefficient (Wildman–Crippen LogP) is 2.45. The number of nitrogens with two attached hydrogens (primary N) is 1. The number of hydrogen-bond donors (Lipinski definition) is 1. The molecule has 0 bridgehead atoms. The Labute approximate surface area is 99.5 Å². The standard InChI is InChI=1S/C12H14ClNO2/c13-8-2-3-9-11(16-7-1-6-15-9)10(8)12(14)4-5-12/h2-3H,1,4-7,14H2. The molecule has 2 aliphatic rings. The Balaban J connectivity index is 2.14. The minimum Gasteiger partial charge on any atom is -0.490 e. The van der Waals surface area contributed by atoms with E-state index >= 15 is 0 Å². The Bertz CT molecular complexity index is 429. The SMILES string of the molecule is NC1(c2c(Cl)ccc3c2OCCCO3)CC1. The number of halogens is 1. The maximum absolute atomic E-state index is 6.22. The average molecular weight is 240 g/mol. The van der Waals surface area contributed by atoms with Crippen LogP contribution in [0.4, 0.5) is 0 Å². The highest BCUT2D eigenvalue weighted by Gasteiger charge is 2.45. The highest BCUT2D eigenvalue weighted by Crippen LogP contribution is 2.52. The van der Waals surface area contributed by atoms with Gasteiger partial charge < -0.3 is 15.2 Å². The summed E-state index contributed by atoms with van der Waals surface area (Å²) >= 11 is 6.22.